The van der Waals surface area contributed by atoms with E-state index in [-0.39, 0.29) is 6.10 Å². The Hall–Kier alpha value is -2.54. The molecule has 0 unspecified atom stereocenters. The quantitative estimate of drug-likeness (QED) is 0.745. The van der Waals surface area contributed by atoms with E-state index in [1.165, 1.54) is 0 Å². The van der Waals surface area contributed by atoms with Crippen molar-refractivity contribution >= 4 is 16.8 Å². The van der Waals surface area contributed by atoms with E-state index < -0.39 is 5.76 Å². The number of aromatic amines is 1. The summed E-state index contributed by atoms with van der Waals surface area (Å²) in [6.45, 7) is 4.43. The first-order chi connectivity index (χ1) is 12.3. The van der Waals surface area contributed by atoms with E-state index in [1.807, 2.05) is 35.1 Å². The van der Waals surface area contributed by atoms with E-state index in [0.717, 1.165) is 43.9 Å². The standard InChI is InChI=1S/C18H22N4O3/c1-2-22-15(8-9-20-22)16-12(5-4-10-24-16)11-19-13-6-3-7-14-17(13)25-18(23)21-14/h3,6-9,12,16,19H,2,4-5,10-11H2,1H3,(H,21,23)/t12-,16+/m0/s1. The van der Waals surface area contributed by atoms with Gasteiger partial charge in [-0.15, -0.1) is 0 Å². The van der Waals surface area contributed by atoms with Crippen molar-refractivity contribution in [3.8, 4) is 0 Å². The molecule has 3 aromatic rings. The molecule has 0 saturated carbocycles. The lowest BCUT2D eigenvalue weighted by Crippen LogP contribution is -2.30. The number of aryl methyl sites for hydroxylation is 1. The third kappa shape index (κ3) is 3.07. The molecule has 2 aromatic heterocycles. The first kappa shape index (κ1) is 16.0. The highest BCUT2D eigenvalue weighted by Gasteiger charge is 2.29. The molecule has 0 spiro atoms. The predicted molar refractivity (Wildman–Crippen MR) is 94.6 cm³/mol. The number of hydrogen-bond donors (Lipinski definition) is 2. The number of ether oxygens (including phenoxy) is 1. The van der Waals surface area contributed by atoms with Gasteiger partial charge in [0.15, 0.2) is 5.58 Å². The lowest BCUT2D eigenvalue weighted by atomic mass is 9.92. The molecule has 7 heteroatoms. The number of benzene rings is 1. The Morgan fingerprint density at radius 1 is 1.40 bits per heavy atom. The van der Waals surface area contributed by atoms with Crippen LogP contribution in [-0.4, -0.2) is 27.9 Å². The van der Waals surface area contributed by atoms with Crippen molar-refractivity contribution in [2.24, 2.45) is 5.92 Å². The first-order valence-corrected chi connectivity index (χ1v) is 8.75. The molecule has 1 saturated heterocycles. The number of rotatable bonds is 5. The van der Waals surface area contributed by atoms with Crippen LogP contribution in [0.3, 0.4) is 0 Å². The molecule has 3 heterocycles. The SMILES string of the molecule is CCn1nccc1[C@@H]1OCCC[C@H]1CNc1cccc2[nH]c(=O)oc12. The smallest absolute Gasteiger partial charge is 0.406 e. The number of anilines is 1. The van der Waals surface area contributed by atoms with Crippen molar-refractivity contribution in [1.82, 2.24) is 14.8 Å². The second-order valence-corrected chi connectivity index (χ2v) is 6.34. The van der Waals surface area contributed by atoms with Crippen LogP contribution in [-0.2, 0) is 11.3 Å². The van der Waals surface area contributed by atoms with Crippen molar-refractivity contribution in [2.45, 2.75) is 32.4 Å². The molecule has 2 N–H and O–H groups in total. The van der Waals surface area contributed by atoms with Crippen LogP contribution in [0.5, 0.6) is 0 Å². The van der Waals surface area contributed by atoms with Gasteiger partial charge in [0.2, 0.25) is 0 Å². The van der Waals surface area contributed by atoms with Gasteiger partial charge in [0.25, 0.3) is 0 Å². The minimum Gasteiger partial charge on any atom is -0.406 e. The number of aromatic nitrogens is 3. The Bertz CT molecular complexity index is 910. The van der Waals surface area contributed by atoms with Gasteiger partial charge >= 0.3 is 5.76 Å². The third-order valence-corrected chi connectivity index (χ3v) is 4.79. The van der Waals surface area contributed by atoms with Gasteiger partial charge in [-0.2, -0.15) is 5.10 Å². The van der Waals surface area contributed by atoms with Gasteiger partial charge in [0.1, 0.15) is 6.10 Å². The second-order valence-electron chi connectivity index (χ2n) is 6.34. The van der Waals surface area contributed by atoms with Gasteiger partial charge in [0, 0.05) is 31.8 Å². The molecule has 1 aromatic carbocycles. The molecule has 4 rings (SSSR count). The number of nitrogens with one attached hydrogen (secondary N) is 2. The fourth-order valence-corrected chi connectivity index (χ4v) is 3.58. The number of fused-ring (bicyclic) bond motifs is 1. The van der Waals surface area contributed by atoms with Crippen LogP contribution in [0.2, 0.25) is 0 Å². The fourth-order valence-electron chi connectivity index (χ4n) is 3.58. The van der Waals surface area contributed by atoms with Crippen LogP contribution in [0.4, 0.5) is 5.69 Å². The minimum atomic E-state index is -0.435. The van der Waals surface area contributed by atoms with Gasteiger partial charge in [-0.3, -0.25) is 9.67 Å². The van der Waals surface area contributed by atoms with Gasteiger partial charge in [-0.05, 0) is 38.0 Å². The van der Waals surface area contributed by atoms with Crippen molar-refractivity contribution < 1.29 is 9.15 Å². The average Bonchev–Trinajstić information content (AvgIpc) is 3.25. The highest BCUT2D eigenvalue weighted by Crippen LogP contribution is 2.34. The van der Waals surface area contributed by atoms with Crippen LogP contribution in [0, 0.1) is 5.92 Å². The van der Waals surface area contributed by atoms with Gasteiger partial charge in [0.05, 0.1) is 16.9 Å². The second kappa shape index (κ2) is 6.76. The molecular weight excluding hydrogens is 320 g/mol. The maximum Gasteiger partial charge on any atom is 0.417 e. The van der Waals surface area contributed by atoms with Crippen molar-refractivity contribution in [1.29, 1.82) is 0 Å². The maximum atomic E-state index is 11.4. The largest absolute Gasteiger partial charge is 0.417 e. The number of para-hydroxylation sites is 1. The number of H-pyrrole nitrogens is 1. The molecule has 0 radical (unpaired) electrons. The van der Waals surface area contributed by atoms with Gasteiger partial charge < -0.3 is 14.5 Å². The lowest BCUT2D eigenvalue weighted by molar-refractivity contribution is -0.0288. The Balaban J connectivity index is 1.55. The summed E-state index contributed by atoms with van der Waals surface area (Å²) < 4.78 is 13.3. The third-order valence-electron chi connectivity index (χ3n) is 4.79. The van der Waals surface area contributed by atoms with Crippen LogP contribution in [0.15, 0.2) is 39.7 Å². The zero-order valence-electron chi connectivity index (χ0n) is 14.2. The van der Waals surface area contributed by atoms with E-state index in [4.69, 9.17) is 9.15 Å². The van der Waals surface area contributed by atoms with E-state index in [1.54, 1.807) is 0 Å². The summed E-state index contributed by atoms with van der Waals surface area (Å²) in [6, 6.07) is 7.70. The Morgan fingerprint density at radius 3 is 3.20 bits per heavy atom. The molecule has 1 aliphatic heterocycles. The number of oxazole rings is 1. The number of nitrogens with zero attached hydrogens (tertiary/aromatic N) is 2. The average molecular weight is 342 g/mol. The first-order valence-electron chi connectivity index (χ1n) is 8.75. The van der Waals surface area contributed by atoms with Crippen molar-refractivity contribution in [2.75, 3.05) is 18.5 Å². The molecule has 1 fully saturated rings. The summed E-state index contributed by atoms with van der Waals surface area (Å²) >= 11 is 0. The topological polar surface area (TPSA) is 85.1 Å². The molecule has 7 nitrogen and oxygen atoms in total. The van der Waals surface area contributed by atoms with Crippen molar-refractivity contribution in [3.05, 3.63) is 46.7 Å². The zero-order valence-corrected chi connectivity index (χ0v) is 14.2. The molecule has 0 bridgehead atoms. The van der Waals surface area contributed by atoms with E-state index in [0.29, 0.717) is 17.0 Å². The Labute approximate surface area is 145 Å². The zero-order chi connectivity index (χ0) is 17.2. The summed E-state index contributed by atoms with van der Waals surface area (Å²) in [7, 11) is 0. The Morgan fingerprint density at radius 2 is 2.32 bits per heavy atom. The highest BCUT2D eigenvalue weighted by atomic mass is 16.5. The molecule has 132 valence electrons. The van der Waals surface area contributed by atoms with E-state index in [9.17, 15) is 4.79 Å². The molecule has 25 heavy (non-hydrogen) atoms. The predicted octanol–water partition coefficient (Wildman–Crippen LogP) is 2.92. The lowest BCUT2D eigenvalue weighted by Gasteiger charge is -2.32. The monoisotopic (exact) mass is 342 g/mol. The fraction of sp³-hybridized carbons (Fsp3) is 0.444. The molecule has 1 aliphatic rings. The van der Waals surface area contributed by atoms with Gasteiger partial charge in [-0.1, -0.05) is 6.07 Å². The summed E-state index contributed by atoms with van der Waals surface area (Å²) in [5.74, 6) is -0.105. The van der Waals surface area contributed by atoms with Crippen LogP contribution < -0.4 is 11.1 Å². The maximum absolute atomic E-state index is 11.4. The molecular formula is C18H22N4O3. The summed E-state index contributed by atoms with van der Waals surface area (Å²) in [5, 5.41) is 7.81. The summed E-state index contributed by atoms with van der Waals surface area (Å²) in [6.07, 6.45) is 3.99. The van der Waals surface area contributed by atoms with Crippen LogP contribution in [0.1, 0.15) is 31.6 Å². The van der Waals surface area contributed by atoms with Crippen LogP contribution >= 0.6 is 0 Å². The van der Waals surface area contributed by atoms with E-state index in [2.05, 4.69) is 22.3 Å². The van der Waals surface area contributed by atoms with Gasteiger partial charge in [-0.25, -0.2) is 4.79 Å². The molecule has 2 atom stereocenters. The van der Waals surface area contributed by atoms with E-state index >= 15 is 0 Å². The van der Waals surface area contributed by atoms with Crippen LogP contribution in [0.25, 0.3) is 11.1 Å². The molecule has 0 amide bonds. The highest BCUT2D eigenvalue weighted by molar-refractivity contribution is 5.85. The number of hydrogen-bond acceptors (Lipinski definition) is 5. The van der Waals surface area contributed by atoms with Crippen molar-refractivity contribution in [3.63, 3.8) is 0 Å². The normalized spacial score (nSPS) is 20.8. The molecule has 0 aliphatic carbocycles. The minimum absolute atomic E-state index is 0.0288. The Kier molecular flexibility index (Phi) is 4.31. The summed E-state index contributed by atoms with van der Waals surface area (Å²) in [5.41, 5.74) is 3.22. The summed E-state index contributed by atoms with van der Waals surface area (Å²) in [4.78, 5) is 14.1.